The van der Waals surface area contributed by atoms with Gasteiger partial charge in [0, 0.05) is 38.8 Å². The lowest BCUT2D eigenvalue weighted by atomic mass is 10.1. The van der Waals surface area contributed by atoms with Crippen LogP contribution in [0.25, 0.3) is 0 Å². The number of hydrogen-bond acceptors (Lipinski definition) is 7. The molecule has 1 aromatic rings. The van der Waals surface area contributed by atoms with Gasteiger partial charge in [-0.05, 0) is 38.9 Å². The fraction of sp³-hybridized carbons (Fsp3) is 0.625. The Morgan fingerprint density at radius 1 is 1.27 bits per heavy atom. The molecule has 0 aromatic heterocycles. The highest BCUT2D eigenvalue weighted by atomic mass is 32.2. The van der Waals surface area contributed by atoms with Crippen LogP contribution in [-0.4, -0.2) is 62.4 Å². The molecule has 1 aliphatic rings. The average Bonchev–Trinajstić information content (AvgIpc) is 2.65. The molecule has 0 radical (unpaired) electrons. The van der Waals surface area contributed by atoms with Crippen LogP contribution >= 0.6 is 0 Å². The number of sulfonamides is 1. The molecule has 9 nitrogen and oxygen atoms in total. The Morgan fingerprint density at radius 2 is 1.92 bits per heavy atom. The Labute approximate surface area is 154 Å². The van der Waals surface area contributed by atoms with E-state index in [1.165, 1.54) is 31.4 Å². The van der Waals surface area contributed by atoms with Crippen molar-refractivity contribution in [2.75, 3.05) is 44.7 Å². The molecule has 2 N–H and O–H groups in total. The minimum absolute atomic E-state index is 0.0714. The third-order valence-corrected chi connectivity index (χ3v) is 6.42. The Hall–Kier alpha value is -1.75. The summed E-state index contributed by atoms with van der Waals surface area (Å²) in [5.41, 5.74) is 0.137. The summed E-state index contributed by atoms with van der Waals surface area (Å²) in [6.45, 7) is 5.21. The Balaban J connectivity index is 2.29. The maximum absolute atomic E-state index is 12.7. The number of nitrogens with two attached hydrogens (primary N) is 1. The summed E-state index contributed by atoms with van der Waals surface area (Å²) in [4.78, 5) is 14.5. The molecule has 146 valence electrons. The zero-order valence-electron chi connectivity index (χ0n) is 15.3. The summed E-state index contributed by atoms with van der Waals surface area (Å²) >= 11 is 0. The second-order valence-corrected chi connectivity index (χ2v) is 8.30. The Morgan fingerprint density at radius 3 is 2.50 bits per heavy atom. The number of anilines is 1. The van der Waals surface area contributed by atoms with E-state index >= 15 is 0 Å². The van der Waals surface area contributed by atoms with Crippen LogP contribution < -0.4 is 10.7 Å². The standard InChI is InChI=1S/C16H27N5O4S/c1-3-20(17)26(24,25)16-13-14(21(22)23)7-8-15(16)18(2)11-12-19-9-5-4-6-10-19/h7-8,13H,3-6,9-12,17H2,1-2H3. The first-order chi connectivity index (χ1) is 12.3. The first-order valence-electron chi connectivity index (χ1n) is 8.76. The third kappa shape index (κ3) is 4.70. The molecule has 0 atom stereocenters. The van der Waals surface area contributed by atoms with E-state index in [2.05, 4.69) is 4.90 Å². The fourth-order valence-electron chi connectivity index (χ4n) is 3.03. The van der Waals surface area contributed by atoms with Gasteiger partial charge in [0.25, 0.3) is 15.7 Å². The molecule has 1 aliphatic heterocycles. The summed E-state index contributed by atoms with van der Waals surface area (Å²) in [6.07, 6.45) is 3.61. The average molecular weight is 385 g/mol. The molecule has 0 unspecified atom stereocenters. The highest BCUT2D eigenvalue weighted by Gasteiger charge is 2.28. The maximum atomic E-state index is 12.7. The van der Waals surface area contributed by atoms with Crippen molar-refractivity contribution in [3.8, 4) is 0 Å². The molecule has 10 heteroatoms. The SMILES string of the molecule is CCN(N)S(=O)(=O)c1cc([N+](=O)[O-])ccc1N(C)CCN1CCCCC1. The molecule has 0 amide bonds. The van der Waals surface area contributed by atoms with E-state index in [1.54, 1.807) is 14.0 Å². The van der Waals surface area contributed by atoms with Gasteiger partial charge in [-0.25, -0.2) is 8.42 Å². The molecule has 0 bridgehead atoms. The summed E-state index contributed by atoms with van der Waals surface area (Å²) in [5, 5.41) is 11.1. The Bertz CT molecular complexity index is 734. The number of nitro groups is 1. The van der Waals surface area contributed by atoms with Crippen LogP contribution in [0.4, 0.5) is 11.4 Å². The molecular weight excluding hydrogens is 358 g/mol. The molecule has 0 spiro atoms. The zero-order chi connectivity index (χ0) is 19.3. The number of hydrazine groups is 1. The van der Waals surface area contributed by atoms with Crippen molar-refractivity contribution < 1.29 is 13.3 Å². The van der Waals surface area contributed by atoms with Crippen molar-refractivity contribution in [1.82, 2.24) is 9.31 Å². The lowest BCUT2D eigenvalue weighted by Gasteiger charge is -2.30. The van der Waals surface area contributed by atoms with Gasteiger partial charge in [-0.15, -0.1) is 4.41 Å². The number of piperidine rings is 1. The van der Waals surface area contributed by atoms with Crippen LogP contribution in [0.15, 0.2) is 23.1 Å². The van der Waals surface area contributed by atoms with Gasteiger partial charge in [0.2, 0.25) is 0 Å². The molecule has 26 heavy (non-hydrogen) atoms. The first kappa shape index (κ1) is 20.6. The van der Waals surface area contributed by atoms with Gasteiger partial charge < -0.3 is 9.80 Å². The predicted molar refractivity (Wildman–Crippen MR) is 100 cm³/mol. The van der Waals surface area contributed by atoms with Gasteiger partial charge in [-0.3, -0.25) is 16.0 Å². The molecule has 0 aliphatic carbocycles. The van der Waals surface area contributed by atoms with Gasteiger partial charge >= 0.3 is 0 Å². The zero-order valence-corrected chi connectivity index (χ0v) is 16.1. The number of hydrogen-bond donors (Lipinski definition) is 1. The van der Waals surface area contributed by atoms with E-state index in [1.807, 2.05) is 4.90 Å². The van der Waals surface area contributed by atoms with Crippen LogP contribution in [0.3, 0.4) is 0 Å². The number of benzene rings is 1. The topological polar surface area (TPSA) is 113 Å². The number of rotatable bonds is 8. The summed E-state index contributed by atoms with van der Waals surface area (Å²) in [5.74, 6) is 5.62. The van der Waals surface area contributed by atoms with E-state index in [-0.39, 0.29) is 17.1 Å². The summed E-state index contributed by atoms with van der Waals surface area (Å²) < 4.78 is 26.1. The second kappa shape index (κ2) is 8.76. The molecule has 1 saturated heterocycles. The summed E-state index contributed by atoms with van der Waals surface area (Å²) in [7, 11) is -2.22. The lowest BCUT2D eigenvalue weighted by molar-refractivity contribution is -0.385. The van der Waals surface area contributed by atoms with Crippen LogP contribution in [0.1, 0.15) is 26.2 Å². The monoisotopic (exact) mass is 385 g/mol. The normalized spacial score (nSPS) is 16.0. The van der Waals surface area contributed by atoms with Crippen LogP contribution in [0.2, 0.25) is 0 Å². The van der Waals surface area contributed by atoms with E-state index in [0.29, 0.717) is 16.6 Å². The van der Waals surface area contributed by atoms with Crippen molar-refractivity contribution in [2.24, 2.45) is 5.84 Å². The minimum Gasteiger partial charge on any atom is -0.372 e. The molecule has 1 fully saturated rings. The quantitative estimate of drug-likeness (QED) is 0.409. The molecular formula is C16H27N5O4S. The van der Waals surface area contributed by atoms with Crippen LogP contribution in [-0.2, 0) is 10.0 Å². The van der Waals surface area contributed by atoms with Crippen molar-refractivity contribution in [2.45, 2.75) is 31.1 Å². The molecule has 2 rings (SSSR count). The van der Waals surface area contributed by atoms with Gasteiger partial charge in [0.15, 0.2) is 0 Å². The molecule has 1 aromatic carbocycles. The van der Waals surface area contributed by atoms with Gasteiger partial charge in [0.1, 0.15) is 4.90 Å². The lowest BCUT2D eigenvalue weighted by Crippen LogP contribution is -2.39. The van der Waals surface area contributed by atoms with Gasteiger partial charge in [-0.2, -0.15) is 0 Å². The van der Waals surface area contributed by atoms with Crippen LogP contribution in [0, 0.1) is 10.1 Å². The third-order valence-electron chi connectivity index (χ3n) is 4.66. The number of nitrogens with zero attached hydrogens (tertiary/aromatic N) is 4. The van der Waals surface area contributed by atoms with E-state index in [0.717, 1.165) is 25.7 Å². The number of likely N-dealkylation sites (N-methyl/N-ethyl adjacent to an activating group) is 1. The van der Waals surface area contributed by atoms with E-state index in [9.17, 15) is 18.5 Å². The van der Waals surface area contributed by atoms with E-state index in [4.69, 9.17) is 5.84 Å². The largest absolute Gasteiger partial charge is 0.372 e. The van der Waals surface area contributed by atoms with Crippen molar-refractivity contribution in [3.63, 3.8) is 0 Å². The van der Waals surface area contributed by atoms with Crippen molar-refractivity contribution in [3.05, 3.63) is 28.3 Å². The molecule has 0 saturated carbocycles. The van der Waals surface area contributed by atoms with E-state index < -0.39 is 14.9 Å². The minimum atomic E-state index is -4.01. The first-order valence-corrected chi connectivity index (χ1v) is 10.2. The number of non-ortho nitro benzene ring substituents is 1. The number of likely N-dealkylation sites (tertiary alicyclic amines) is 1. The van der Waals surface area contributed by atoms with Crippen LogP contribution in [0.5, 0.6) is 0 Å². The smallest absolute Gasteiger partial charge is 0.270 e. The van der Waals surface area contributed by atoms with Crippen molar-refractivity contribution >= 4 is 21.4 Å². The highest BCUT2D eigenvalue weighted by molar-refractivity contribution is 7.89. The fourth-order valence-corrected chi connectivity index (χ4v) is 4.38. The van der Waals surface area contributed by atoms with Gasteiger partial charge in [0.05, 0.1) is 10.6 Å². The highest BCUT2D eigenvalue weighted by Crippen LogP contribution is 2.30. The summed E-state index contributed by atoms with van der Waals surface area (Å²) in [6, 6.07) is 3.88. The second-order valence-electron chi connectivity index (χ2n) is 6.44. The Kier molecular flexibility index (Phi) is 6.93. The van der Waals surface area contributed by atoms with Crippen molar-refractivity contribution in [1.29, 1.82) is 0 Å². The van der Waals surface area contributed by atoms with Gasteiger partial charge in [-0.1, -0.05) is 6.42 Å². The number of nitro benzene ring substituents is 1. The predicted octanol–water partition coefficient (Wildman–Crippen LogP) is 1.40. The maximum Gasteiger partial charge on any atom is 0.270 e. The molecule has 1 heterocycles.